The fourth-order valence-electron chi connectivity index (χ4n) is 3.31. The third-order valence-corrected chi connectivity index (χ3v) is 4.94. The summed E-state index contributed by atoms with van der Waals surface area (Å²) < 4.78 is 16.6. The van der Waals surface area contributed by atoms with Crippen LogP contribution in [0.4, 0.5) is 0 Å². The van der Waals surface area contributed by atoms with Gasteiger partial charge in [-0.1, -0.05) is 84.6 Å². The van der Waals surface area contributed by atoms with Gasteiger partial charge in [-0.3, -0.25) is 0 Å². The number of methoxy groups -OCH3 is 1. The SMILES string of the molecule is CO[12C](=O)c1cc(C#CCOCc2ccccc2)c2cccc(OCc3ccccc3)c2n1. The lowest BCUT2D eigenvalue weighted by Crippen LogP contribution is -2.06. The highest BCUT2D eigenvalue weighted by atomic mass is 16.5. The summed E-state index contributed by atoms with van der Waals surface area (Å²) in [6.45, 7) is 1.13. The second-order valence-corrected chi connectivity index (χ2v) is 7.25. The van der Waals surface area contributed by atoms with Crippen LogP contribution in [0.2, 0.25) is 0 Å². The number of nitrogens with zero attached hydrogens (tertiary/aromatic N) is 1. The number of aromatic nitrogens is 1. The maximum Gasteiger partial charge on any atom is 0.356 e. The molecule has 5 heteroatoms. The fourth-order valence-corrected chi connectivity index (χ4v) is 3.31. The predicted molar refractivity (Wildman–Crippen MR) is 127 cm³/mol. The Balaban J connectivity index is 1.59. The van der Waals surface area contributed by atoms with Crippen molar-refractivity contribution in [3.8, 4) is 17.6 Å². The van der Waals surface area contributed by atoms with E-state index < -0.39 is 5.97 Å². The largest absolute Gasteiger partial charge is 0.487 e. The molecule has 0 amide bonds. The monoisotopic (exact) mass is 437 g/mol. The van der Waals surface area contributed by atoms with E-state index in [0.717, 1.165) is 16.5 Å². The molecule has 5 nitrogen and oxygen atoms in total. The minimum atomic E-state index is -0.529. The first kappa shape index (κ1) is 22.1. The zero-order chi connectivity index (χ0) is 22.9. The van der Waals surface area contributed by atoms with Gasteiger partial charge in [0, 0.05) is 10.9 Å². The molecule has 0 unspecified atom stereocenters. The highest BCUT2D eigenvalue weighted by Crippen LogP contribution is 2.28. The van der Waals surface area contributed by atoms with Crippen molar-refractivity contribution in [3.63, 3.8) is 0 Å². The highest BCUT2D eigenvalue weighted by molar-refractivity contribution is 5.96. The summed E-state index contributed by atoms with van der Waals surface area (Å²) in [6.07, 6.45) is 0. The molecular weight excluding hydrogens is 414 g/mol. The van der Waals surface area contributed by atoms with Gasteiger partial charge in [0.25, 0.3) is 0 Å². The first-order valence-electron chi connectivity index (χ1n) is 10.5. The van der Waals surface area contributed by atoms with Gasteiger partial charge in [-0.2, -0.15) is 0 Å². The normalized spacial score (nSPS) is 10.3. The molecule has 0 aliphatic rings. The molecule has 0 aliphatic heterocycles. The van der Waals surface area contributed by atoms with E-state index in [1.54, 1.807) is 6.07 Å². The van der Waals surface area contributed by atoms with Crippen LogP contribution in [-0.4, -0.2) is 24.7 Å². The standard InChI is InChI=1S/C28H23NO4/c1-31-28(30)25-18-23(14-9-17-32-19-21-10-4-2-5-11-21)24-15-8-16-26(27(24)29-25)33-20-22-12-6-3-7-13-22/h2-8,10-13,15-16,18H,17,19-20H2,1H3/i28+0. The van der Waals surface area contributed by atoms with Gasteiger partial charge in [0.05, 0.1) is 13.7 Å². The topological polar surface area (TPSA) is 57.7 Å². The maximum absolute atomic E-state index is 12.2. The molecule has 33 heavy (non-hydrogen) atoms. The van der Waals surface area contributed by atoms with Gasteiger partial charge >= 0.3 is 5.97 Å². The number of benzene rings is 3. The molecule has 0 spiro atoms. The van der Waals surface area contributed by atoms with Crippen molar-refractivity contribution < 1.29 is 19.0 Å². The molecule has 164 valence electrons. The Morgan fingerprint density at radius 2 is 1.58 bits per heavy atom. The molecule has 4 rings (SSSR count). The number of carbonyl (C=O) groups is 1. The number of carbonyl (C=O) groups excluding carboxylic acids is 1. The quantitative estimate of drug-likeness (QED) is 0.227. The first-order valence-corrected chi connectivity index (χ1v) is 10.5. The third kappa shape index (κ3) is 5.76. The zero-order valence-electron chi connectivity index (χ0n) is 18.3. The molecule has 4 aromatic rings. The molecule has 0 aliphatic carbocycles. The van der Waals surface area contributed by atoms with E-state index in [4.69, 9.17) is 14.2 Å². The van der Waals surface area contributed by atoms with Gasteiger partial charge in [0.15, 0.2) is 0 Å². The summed E-state index contributed by atoms with van der Waals surface area (Å²) >= 11 is 0. The van der Waals surface area contributed by atoms with E-state index in [0.29, 0.717) is 30.0 Å². The van der Waals surface area contributed by atoms with Crippen LogP contribution in [0.25, 0.3) is 10.9 Å². The van der Waals surface area contributed by atoms with Gasteiger partial charge in [0.2, 0.25) is 0 Å². The van der Waals surface area contributed by atoms with Crippen molar-refractivity contribution >= 4 is 16.9 Å². The van der Waals surface area contributed by atoms with Crippen LogP contribution in [0.15, 0.2) is 84.9 Å². The average molecular weight is 437 g/mol. The number of rotatable bonds is 7. The van der Waals surface area contributed by atoms with Crippen LogP contribution in [0, 0.1) is 11.8 Å². The second-order valence-electron chi connectivity index (χ2n) is 7.25. The lowest BCUT2D eigenvalue weighted by atomic mass is 10.1. The molecule has 1 aromatic heterocycles. The van der Waals surface area contributed by atoms with Gasteiger partial charge in [-0.05, 0) is 23.3 Å². The molecule has 0 saturated carbocycles. The minimum absolute atomic E-state index is 0.176. The first-order chi connectivity index (χ1) is 16.2. The minimum Gasteiger partial charge on any atom is -0.487 e. The van der Waals surface area contributed by atoms with Crippen LogP contribution in [0.3, 0.4) is 0 Å². The molecule has 0 N–H and O–H groups in total. The molecule has 1 heterocycles. The Hall–Kier alpha value is -4.14. The van der Waals surface area contributed by atoms with Crippen molar-refractivity contribution in [2.24, 2.45) is 0 Å². The smallest absolute Gasteiger partial charge is 0.356 e. The molecule has 3 aromatic carbocycles. The van der Waals surface area contributed by atoms with Crippen LogP contribution in [0.5, 0.6) is 5.75 Å². The molecule has 0 radical (unpaired) electrons. The molecular formula is C28H23NO4. The van der Waals surface area contributed by atoms with Crippen LogP contribution < -0.4 is 4.74 Å². The van der Waals surface area contributed by atoms with Gasteiger partial charge in [0.1, 0.15) is 30.2 Å². The number of para-hydroxylation sites is 1. The number of pyridine rings is 1. The van der Waals surface area contributed by atoms with Crippen molar-refractivity contribution in [2.45, 2.75) is 13.2 Å². The third-order valence-electron chi connectivity index (χ3n) is 4.94. The van der Waals surface area contributed by atoms with Crippen molar-refractivity contribution in [1.82, 2.24) is 4.98 Å². The van der Waals surface area contributed by atoms with E-state index in [-0.39, 0.29) is 12.3 Å². The Kier molecular flexibility index (Phi) is 7.32. The Bertz CT molecular complexity index is 1290. The molecule has 0 bridgehead atoms. The summed E-state index contributed by atoms with van der Waals surface area (Å²) in [6, 6.07) is 27.0. The number of ether oxygens (including phenoxy) is 3. The average Bonchev–Trinajstić information content (AvgIpc) is 2.87. The number of hydrogen-bond acceptors (Lipinski definition) is 5. The maximum atomic E-state index is 12.2. The van der Waals surface area contributed by atoms with E-state index in [1.165, 1.54) is 7.11 Å². The molecule has 0 saturated heterocycles. The number of fused-ring (bicyclic) bond motifs is 1. The van der Waals surface area contributed by atoms with Gasteiger partial charge in [-0.15, -0.1) is 0 Å². The fraction of sp³-hybridized carbons (Fsp3) is 0.143. The van der Waals surface area contributed by atoms with Crippen LogP contribution in [0.1, 0.15) is 27.2 Å². The van der Waals surface area contributed by atoms with Crippen molar-refractivity contribution in [3.05, 3.63) is 107 Å². The van der Waals surface area contributed by atoms with E-state index >= 15 is 0 Å². The Labute approximate surface area is 193 Å². The Morgan fingerprint density at radius 1 is 0.879 bits per heavy atom. The number of esters is 1. The van der Waals surface area contributed by atoms with Gasteiger partial charge < -0.3 is 14.2 Å². The van der Waals surface area contributed by atoms with Crippen molar-refractivity contribution in [1.29, 1.82) is 0 Å². The lowest BCUT2D eigenvalue weighted by molar-refractivity contribution is 0.0594. The summed E-state index contributed by atoms with van der Waals surface area (Å²) in [4.78, 5) is 16.7. The molecule has 0 fully saturated rings. The van der Waals surface area contributed by atoms with Gasteiger partial charge in [-0.25, -0.2) is 9.78 Å². The Morgan fingerprint density at radius 3 is 2.27 bits per heavy atom. The van der Waals surface area contributed by atoms with E-state index in [9.17, 15) is 4.79 Å². The summed E-state index contributed by atoms with van der Waals surface area (Å²) in [7, 11) is 1.33. The van der Waals surface area contributed by atoms with Crippen molar-refractivity contribution in [2.75, 3.05) is 13.7 Å². The zero-order valence-corrected chi connectivity index (χ0v) is 18.3. The number of hydrogen-bond donors (Lipinski definition) is 0. The van der Waals surface area contributed by atoms with E-state index in [1.807, 2.05) is 78.9 Å². The summed E-state index contributed by atoms with van der Waals surface area (Å²) in [5.41, 5.74) is 3.52. The van der Waals surface area contributed by atoms with Crippen LogP contribution in [-0.2, 0) is 22.7 Å². The van der Waals surface area contributed by atoms with E-state index in [2.05, 4.69) is 16.8 Å². The summed E-state index contributed by atoms with van der Waals surface area (Å²) in [5, 5.41) is 0.795. The molecule has 0 atom stereocenters. The summed E-state index contributed by atoms with van der Waals surface area (Å²) in [5.74, 6) is 6.19. The highest BCUT2D eigenvalue weighted by Gasteiger charge is 2.14. The lowest BCUT2D eigenvalue weighted by Gasteiger charge is -2.11. The van der Waals surface area contributed by atoms with Crippen LogP contribution >= 0.6 is 0 Å². The predicted octanol–water partition coefficient (Wildman–Crippen LogP) is 5.17. The second kappa shape index (κ2) is 10.9.